The summed E-state index contributed by atoms with van der Waals surface area (Å²) < 4.78 is 7.78. The van der Waals surface area contributed by atoms with Crippen molar-refractivity contribution in [2.45, 2.75) is 45.1 Å². The van der Waals surface area contributed by atoms with Crippen LogP contribution in [0.1, 0.15) is 43.2 Å². The number of ether oxygens (including phenoxy) is 1. The van der Waals surface area contributed by atoms with Crippen LogP contribution in [0.2, 0.25) is 0 Å². The lowest BCUT2D eigenvalue weighted by molar-refractivity contribution is -0.123. The Labute approximate surface area is 196 Å². The van der Waals surface area contributed by atoms with Crippen molar-refractivity contribution in [2.75, 3.05) is 31.1 Å². The summed E-state index contributed by atoms with van der Waals surface area (Å²) in [6, 6.07) is 3.83. The molecule has 32 heavy (non-hydrogen) atoms. The van der Waals surface area contributed by atoms with Gasteiger partial charge in [-0.05, 0) is 56.7 Å². The van der Waals surface area contributed by atoms with Crippen LogP contribution in [0.3, 0.4) is 0 Å². The molecular formula is C23H26N4O3S2. The van der Waals surface area contributed by atoms with E-state index in [0.29, 0.717) is 32.8 Å². The number of fused-ring (bicyclic) bond motifs is 1. The SMILES string of the molecule is Cc1ccc2nc(N3CCCCC3)c(C=C3SC(=S)N(CC4CCCO4)C3=O)c(=O)n2c1. The summed E-state index contributed by atoms with van der Waals surface area (Å²) in [6.45, 7) is 4.85. The highest BCUT2D eigenvalue weighted by atomic mass is 32.2. The summed E-state index contributed by atoms with van der Waals surface area (Å²) in [5.74, 6) is 0.497. The Hall–Kier alpha value is -2.23. The van der Waals surface area contributed by atoms with Gasteiger partial charge >= 0.3 is 0 Å². The second-order valence-corrected chi connectivity index (χ2v) is 10.2. The Bertz CT molecular complexity index is 1160. The molecule has 0 saturated carbocycles. The van der Waals surface area contributed by atoms with Gasteiger partial charge in [-0.1, -0.05) is 30.0 Å². The molecule has 9 heteroatoms. The van der Waals surface area contributed by atoms with E-state index >= 15 is 0 Å². The molecule has 0 spiro atoms. The standard InChI is InChI=1S/C23H26N4O3S2/c1-15-7-8-19-24-20(25-9-3-2-4-10-25)17(21(28)26(19)13-15)12-18-22(29)27(23(31)32-18)14-16-6-5-11-30-16/h7-8,12-13,16H,2-6,9-11,14H2,1H3. The first kappa shape index (κ1) is 21.6. The smallest absolute Gasteiger partial charge is 0.267 e. The summed E-state index contributed by atoms with van der Waals surface area (Å²) >= 11 is 6.74. The van der Waals surface area contributed by atoms with Crippen LogP contribution in [0.15, 0.2) is 28.0 Å². The number of thiocarbonyl (C=S) groups is 1. The van der Waals surface area contributed by atoms with E-state index in [9.17, 15) is 9.59 Å². The van der Waals surface area contributed by atoms with Gasteiger partial charge in [-0.2, -0.15) is 0 Å². The Morgan fingerprint density at radius 2 is 2.03 bits per heavy atom. The maximum Gasteiger partial charge on any atom is 0.267 e. The fourth-order valence-electron chi connectivity index (χ4n) is 4.50. The molecule has 0 bridgehead atoms. The highest BCUT2D eigenvalue weighted by molar-refractivity contribution is 8.26. The number of amides is 1. The minimum absolute atomic E-state index is 0.0247. The summed E-state index contributed by atoms with van der Waals surface area (Å²) in [7, 11) is 0. The van der Waals surface area contributed by atoms with Crippen LogP contribution >= 0.6 is 24.0 Å². The zero-order chi connectivity index (χ0) is 22.2. The average molecular weight is 471 g/mol. The van der Waals surface area contributed by atoms with Crippen molar-refractivity contribution in [3.05, 3.63) is 44.7 Å². The van der Waals surface area contributed by atoms with Gasteiger partial charge in [0.05, 0.1) is 23.1 Å². The van der Waals surface area contributed by atoms with E-state index in [1.165, 1.54) is 18.2 Å². The van der Waals surface area contributed by atoms with Crippen molar-refractivity contribution >= 4 is 51.7 Å². The number of carbonyl (C=O) groups is 1. The third-order valence-electron chi connectivity index (χ3n) is 6.20. The second-order valence-electron chi connectivity index (χ2n) is 8.56. The molecule has 3 fully saturated rings. The molecule has 0 radical (unpaired) electrons. The van der Waals surface area contributed by atoms with Crippen molar-refractivity contribution in [1.29, 1.82) is 0 Å². The third kappa shape index (κ3) is 4.09. The van der Waals surface area contributed by atoms with E-state index in [1.54, 1.807) is 21.6 Å². The maximum atomic E-state index is 13.5. The summed E-state index contributed by atoms with van der Waals surface area (Å²) in [6.07, 6.45) is 8.78. The minimum atomic E-state index is -0.163. The van der Waals surface area contributed by atoms with Gasteiger partial charge in [0, 0.05) is 25.9 Å². The molecule has 168 valence electrons. The number of anilines is 1. The number of hydrogen-bond acceptors (Lipinski definition) is 7. The molecule has 3 saturated heterocycles. The number of rotatable bonds is 4. The molecule has 5 heterocycles. The molecule has 1 amide bonds. The average Bonchev–Trinajstić information content (AvgIpc) is 3.40. The summed E-state index contributed by atoms with van der Waals surface area (Å²) in [5.41, 5.74) is 1.88. The van der Waals surface area contributed by atoms with Gasteiger partial charge in [0.1, 0.15) is 15.8 Å². The molecule has 0 aromatic carbocycles. The van der Waals surface area contributed by atoms with Crippen LogP contribution in [0, 0.1) is 6.92 Å². The Kier molecular flexibility index (Phi) is 6.05. The Morgan fingerprint density at radius 3 is 2.78 bits per heavy atom. The second kappa shape index (κ2) is 8.96. The van der Waals surface area contributed by atoms with Crippen LogP contribution in [-0.4, -0.2) is 56.9 Å². The van der Waals surface area contributed by atoms with Crippen molar-refractivity contribution in [1.82, 2.24) is 14.3 Å². The quantitative estimate of drug-likeness (QED) is 0.501. The summed E-state index contributed by atoms with van der Waals surface area (Å²) in [5, 5.41) is 0. The molecule has 2 aromatic rings. The highest BCUT2D eigenvalue weighted by Gasteiger charge is 2.35. The van der Waals surface area contributed by atoms with Crippen molar-refractivity contribution in [2.24, 2.45) is 0 Å². The monoisotopic (exact) mass is 470 g/mol. The predicted molar refractivity (Wildman–Crippen MR) is 131 cm³/mol. The number of piperidine rings is 1. The van der Waals surface area contributed by atoms with Crippen LogP contribution in [0.5, 0.6) is 0 Å². The number of hydrogen-bond donors (Lipinski definition) is 0. The molecule has 1 atom stereocenters. The van der Waals surface area contributed by atoms with Gasteiger partial charge in [-0.25, -0.2) is 4.98 Å². The molecular weight excluding hydrogens is 444 g/mol. The molecule has 3 aliphatic heterocycles. The first-order valence-electron chi connectivity index (χ1n) is 11.2. The largest absolute Gasteiger partial charge is 0.376 e. The van der Waals surface area contributed by atoms with Gasteiger partial charge in [0.15, 0.2) is 0 Å². The first-order valence-corrected chi connectivity index (χ1v) is 12.4. The van der Waals surface area contributed by atoms with Gasteiger partial charge in [0.2, 0.25) is 0 Å². The van der Waals surface area contributed by atoms with E-state index in [2.05, 4.69) is 4.90 Å². The van der Waals surface area contributed by atoms with E-state index in [0.717, 1.165) is 50.9 Å². The lowest BCUT2D eigenvalue weighted by atomic mass is 10.1. The van der Waals surface area contributed by atoms with E-state index in [4.69, 9.17) is 21.9 Å². The zero-order valence-corrected chi connectivity index (χ0v) is 19.7. The van der Waals surface area contributed by atoms with Crippen LogP contribution in [0.25, 0.3) is 11.7 Å². The molecule has 2 aromatic heterocycles. The number of carbonyl (C=O) groups excluding carboxylic acids is 1. The number of aryl methyl sites for hydroxylation is 1. The van der Waals surface area contributed by atoms with Gasteiger partial charge in [-0.15, -0.1) is 0 Å². The number of nitrogens with zero attached hydrogens (tertiary/aromatic N) is 4. The van der Waals surface area contributed by atoms with E-state index in [1.807, 2.05) is 19.1 Å². The lowest BCUT2D eigenvalue weighted by Crippen LogP contribution is -2.35. The topological polar surface area (TPSA) is 67.2 Å². The van der Waals surface area contributed by atoms with Crippen molar-refractivity contribution in [3.63, 3.8) is 0 Å². The fraction of sp³-hybridized carbons (Fsp3) is 0.478. The van der Waals surface area contributed by atoms with Gasteiger partial charge in [0.25, 0.3) is 11.5 Å². The zero-order valence-electron chi connectivity index (χ0n) is 18.1. The molecule has 1 unspecified atom stereocenters. The maximum absolute atomic E-state index is 13.5. The molecule has 0 N–H and O–H groups in total. The molecule has 7 nitrogen and oxygen atoms in total. The lowest BCUT2D eigenvalue weighted by Gasteiger charge is -2.29. The minimum Gasteiger partial charge on any atom is -0.376 e. The normalized spacial score (nSPS) is 23.2. The van der Waals surface area contributed by atoms with Crippen molar-refractivity contribution in [3.8, 4) is 0 Å². The molecule has 3 aliphatic rings. The number of pyridine rings is 1. The van der Waals surface area contributed by atoms with E-state index in [-0.39, 0.29) is 17.6 Å². The van der Waals surface area contributed by atoms with Gasteiger partial charge < -0.3 is 9.64 Å². The number of thioether (sulfide) groups is 1. The summed E-state index contributed by atoms with van der Waals surface area (Å²) in [4.78, 5) is 35.8. The number of aromatic nitrogens is 2. The fourth-order valence-corrected chi connectivity index (χ4v) is 5.76. The third-order valence-corrected chi connectivity index (χ3v) is 7.58. The van der Waals surface area contributed by atoms with Crippen molar-refractivity contribution < 1.29 is 9.53 Å². The van der Waals surface area contributed by atoms with E-state index < -0.39 is 0 Å². The first-order chi connectivity index (χ1) is 15.5. The highest BCUT2D eigenvalue weighted by Crippen LogP contribution is 2.34. The molecule has 5 rings (SSSR count). The van der Waals surface area contributed by atoms with Crippen LogP contribution in [0.4, 0.5) is 5.82 Å². The van der Waals surface area contributed by atoms with Crippen LogP contribution in [-0.2, 0) is 9.53 Å². The Morgan fingerprint density at radius 1 is 1.22 bits per heavy atom. The van der Waals surface area contributed by atoms with Gasteiger partial charge in [-0.3, -0.25) is 18.9 Å². The predicted octanol–water partition coefficient (Wildman–Crippen LogP) is 3.37. The Balaban J connectivity index is 1.57. The molecule has 0 aliphatic carbocycles. The van der Waals surface area contributed by atoms with Crippen LogP contribution < -0.4 is 10.5 Å².